The van der Waals surface area contributed by atoms with E-state index in [1.54, 1.807) is 0 Å². The van der Waals surface area contributed by atoms with Crippen molar-refractivity contribution in [1.82, 2.24) is 15.2 Å². The fourth-order valence-corrected chi connectivity index (χ4v) is 3.56. The van der Waals surface area contributed by atoms with Gasteiger partial charge in [-0.05, 0) is 49.6 Å². The van der Waals surface area contributed by atoms with Crippen LogP contribution < -0.4 is 4.90 Å². The second-order valence-electron chi connectivity index (χ2n) is 7.29. The van der Waals surface area contributed by atoms with Gasteiger partial charge in [0.2, 0.25) is 0 Å². The van der Waals surface area contributed by atoms with Gasteiger partial charge in [0.1, 0.15) is 17.0 Å². The van der Waals surface area contributed by atoms with Crippen LogP contribution in [0.5, 0.6) is 5.75 Å². The Kier molecular flexibility index (Phi) is 4.36. The third kappa shape index (κ3) is 3.23. The maximum Gasteiger partial charge on any atom is 0.416 e. The number of aromatic nitrogens is 3. The molecule has 1 saturated heterocycles. The van der Waals surface area contributed by atoms with Crippen LogP contribution in [0.15, 0.2) is 30.3 Å². The Morgan fingerprint density at radius 3 is 2.57 bits per heavy atom. The number of halogens is 3. The van der Waals surface area contributed by atoms with Crippen molar-refractivity contribution in [1.29, 1.82) is 0 Å². The third-order valence-electron chi connectivity index (χ3n) is 5.05. The van der Waals surface area contributed by atoms with Crippen LogP contribution in [0.25, 0.3) is 22.2 Å². The second-order valence-corrected chi connectivity index (χ2v) is 7.29. The molecular weight excluding hydrogens is 369 g/mol. The molecule has 1 atom stereocenters. The summed E-state index contributed by atoms with van der Waals surface area (Å²) in [6.07, 6.45) is -3.48. The van der Waals surface area contributed by atoms with Crippen molar-refractivity contribution in [3.63, 3.8) is 0 Å². The Labute approximate surface area is 159 Å². The Morgan fingerprint density at radius 1 is 1.14 bits per heavy atom. The number of pyridine rings is 1. The maximum absolute atomic E-state index is 12.9. The first-order valence-corrected chi connectivity index (χ1v) is 9.03. The van der Waals surface area contributed by atoms with Gasteiger partial charge < -0.3 is 10.0 Å². The SMILES string of the molecule is Cc1ccc2c(-c3ccc(C(F)(F)F)cc3O)nnc(N3CC[C@@H](C)C3)c2n1. The smallest absolute Gasteiger partial charge is 0.416 e. The lowest BCUT2D eigenvalue weighted by atomic mass is 10.0. The monoisotopic (exact) mass is 388 g/mol. The zero-order chi connectivity index (χ0) is 20.1. The molecule has 0 bridgehead atoms. The quantitative estimate of drug-likeness (QED) is 0.697. The number of hydrogen-bond donors (Lipinski definition) is 1. The summed E-state index contributed by atoms with van der Waals surface area (Å²) in [5.41, 5.74) is 1.03. The van der Waals surface area contributed by atoms with Crippen LogP contribution in [0.2, 0.25) is 0 Å². The van der Waals surface area contributed by atoms with Gasteiger partial charge in [-0.2, -0.15) is 13.2 Å². The van der Waals surface area contributed by atoms with E-state index >= 15 is 0 Å². The highest BCUT2D eigenvalue weighted by Crippen LogP contribution is 2.39. The Hall–Kier alpha value is -2.90. The minimum atomic E-state index is -4.53. The Balaban J connectivity index is 1.88. The van der Waals surface area contributed by atoms with Crippen molar-refractivity contribution in [3.05, 3.63) is 41.6 Å². The lowest BCUT2D eigenvalue weighted by molar-refractivity contribution is -0.137. The largest absolute Gasteiger partial charge is 0.507 e. The molecular formula is C20H19F3N4O. The van der Waals surface area contributed by atoms with E-state index in [0.29, 0.717) is 34.4 Å². The number of fused-ring (bicyclic) bond motifs is 1. The van der Waals surface area contributed by atoms with E-state index < -0.39 is 17.5 Å². The number of benzene rings is 1. The lowest BCUT2D eigenvalue weighted by Crippen LogP contribution is -2.21. The molecule has 0 unspecified atom stereocenters. The van der Waals surface area contributed by atoms with Crippen LogP contribution in [0.3, 0.4) is 0 Å². The van der Waals surface area contributed by atoms with Crippen LogP contribution in [0.1, 0.15) is 24.6 Å². The van der Waals surface area contributed by atoms with E-state index in [4.69, 9.17) is 0 Å². The average molecular weight is 388 g/mol. The first-order chi connectivity index (χ1) is 13.2. The summed E-state index contributed by atoms with van der Waals surface area (Å²) >= 11 is 0. The zero-order valence-electron chi connectivity index (χ0n) is 15.5. The normalized spacial score (nSPS) is 17.5. The number of rotatable bonds is 2. The lowest BCUT2D eigenvalue weighted by Gasteiger charge is -2.19. The fourth-order valence-electron chi connectivity index (χ4n) is 3.56. The van der Waals surface area contributed by atoms with Gasteiger partial charge in [-0.3, -0.25) is 0 Å². The molecule has 28 heavy (non-hydrogen) atoms. The molecule has 4 rings (SSSR count). The first kappa shape index (κ1) is 18.5. The van der Waals surface area contributed by atoms with E-state index in [1.807, 2.05) is 19.1 Å². The first-order valence-electron chi connectivity index (χ1n) is 9.03. The fraction of sp³-hybridized carbons (Fsp3) is 0.350. The van der Waals surface area contributed by atoms with Crippen LogP contribution in [0.4, 0.5) is 19.0 Å². The van der Waals surface area contributed by atoms with Crippen molar-refractivity contribution in [3.8, 4) is 17.0 Å². The van der Waals surface area contributed by atoms with E-state index in [1.165, 1.54) is 6.07 Å². The summed E-state index contributed by atoms with van der Waals surface area (Å²) in [7, 11) is 0. The van der Waals surface area contributed by atoms with Gasteiger partial charge in [0, 0.05) is 29.7 Å². The minimum Gasteiger partial charge on any atom is -0.507 e. The molecule has 1 N–H and O–H groups in total. The standard InChI is InChI=1S/C20H19F3N4O/c1-11-7-8-27(10-11)19-18-15(5-3-12(2)24-18)17(25-26-19)14-6-4-13(9-16(14)28)20(21,22)23/h3-6,9,11,28H,7-8,10H2,1-2H3/t11-/m1/s1. The van der Waals surface area contributed by atoms with Crippen molar-refractivity contribution in [2.75, 3.05) is 18.0 Å². The van der Waals surface area contributed by atoms with Gasteiger partial charge in [-0.1, -0.05) is 6.92 Å². The molecule has 5 nitrogen and oxygen atoms in total. The summed E-state index contributed by atoms with van der Waals surface area (Å²) in [5.74, 6) is 0.715. The molecule has 1 fully saturated rings. The predicted molar refractivity (Wildman–Crippen MR) is 100 cm³/mol. The predicted octanol–water partition coefficient (Wildman–Crippen LogP) is 4.57. The number of aromatic hydroxyl groups is 1. The molecule has 2 aromatic heterocycles. The van der Waals surface area contributed by atoms with Crippen LogP contribution in [0, 0.1) is 12.8 Å². The highest BCUT2D eigenvalue weighted by molar-refractivity contribution is 5.98. The van der Waals surface area contributed by atoms with E-state index in [-0.39, 0.29) is 5.56 Å². The Morgan fingerprint density at radius 2 is 1.93 bits per heavy atom. The molecule has 1 aromatic carbocycles. The molecule has 3 heterocycles. The Bertz CT molecular complexity index is 1050. The van der Waals surface area contributed by atoms with Crippen molar-refractivity contribution in [2.24, 2.45) is 5.92 Å². The van der Waals surface area contributed by atoms with Crippen molar-refractivity contribution >= 4 is 16.7 Å². The van der Waals surface area contributed by atoms with E-state index in [9.17, 15) is 18.3 Å². The maximum atomic E-state index is 12.9. The zero-order valence-corrected chi connectivity index (χ0v) is 15.5. The summed E-state index contributed by atoms with van der Waals surface area (Å²) < 4.78 is 38.7. The topological polar surface area (TPSA) is 62.1 Å². The van der Waals surface area contributed by atoms with Gasteiger partial charge in [0.25, 0.3) is 0 Å². The number of hydrogen-bond acceptors (Lipinski definition) is 5. The number of phenolic OH excluding ortho intramolecular Hbond substituents is 1. The summed E-state index contributed by atoms with van der Waals surface area (Å²) in [6, 6.07) is 6.49. The van der Waals surface area contributed by atoms with E-state index in [2.05, 4.69) is 27.0 Å². The number of anilines is 1. The van der Waals surface area contributed by atoms with Crippen molar-refractivity contribution in [2.45, 2.75) is 26.4 Å². The minimum absolute atomic E-state index is 0.192. The summed E-state index contributed by atoms with van der Waals surface area (Å²) in [4.78, 5) is 6.74. The van der Waals surface area contributed by atoms with Gasteiger partial charge in [-0.25, -0.2) is 4.98 Å². The molecule has 0 saturated carbocycles. The summed E-state index contributed by atoms with van der Waals surface area (Å²) in [6.45, 7) is 5.74. The van der Waals surface area contributed by atoms with Crippen molar-refractivity contribution < 1.29 is 18.3 Å². The third-order valence-corrected chi connectivity index (χ3v) is 5.05. The number of aryl methyl sites for hydroxylation is 1. The highest BCUT2D eigenvalue weighted by atomic mass is 19.4. The van der Waals surface area contributed by atoms with Crippen LogP contribution in [-0.2, 0) is 6.18 Å². The molecule has 0 aliphatic carbocycles. The highest BCUT2D eigenvalue weighted by Gasteiger charge is 2.31. The van der Waals surface area contributed by atoms with Gasteiger partial charge in [-0.15, -0.1) is 10.2 Å². The molecule has 3 aromatic rings. The van der Waals surface area contributed by atoms with Gasteiger partial charge in [0.15, 0.2) is 5.82 Å². The van der Waals surface area contributed by atoms with Crippen LogP contribution in [-0.4, -0.2) is 33.4 Å². The molecule has 1 aliphatic heterocycles. The molecule has 1 aliphatic rings. The number of nitrogens with zero attached hydrogens (tertiary/aromatic N) is 4. The van der Waals surface area contributed by atoms with E-state index in [0.717, 1.165) is 31.3 Å². The van der Waals surface area contributed by atoms with Gasteiger partial charge in [0.05, 0.1) is 5.56 Å². The number of phenols is 1. The summed E-state index contributed by atoms with van der Waals surface area (Å²) in [5, 5.41) is 19.5. The van der Waals surface area contributed by atoms with Crippen LogP contribution >= 0.6 is 0 Å². The van der Waals surface area contributed by atoms with Gasteiger partial charge >= 0.3 is 6.18 Å². The molecule has 0 amide bonds. The molecule has 0 spiro atoms. The second kappa shape index (κ2) is 6.61. The number of alkyl halides is 3. The average Bonchev–Trinajstić information content (AvgIpc) is 3.06. The molecule has 146 valence electrons. The molecule has 0 radical (unpaired) electrons. The molecule has 8 heteroatoms.